The van der Waals surface area contributed by atoms with E-state index >= 15 is 0 Å². The van der Waals surface area contributed by atoms with Crippen molar-refractivity contribution in [3.05, 3.63) is 35.4 Å². The Morgan fingerprint density at radius 1 is 1.16 bits per heavy atom. The van der Waals surface area contributed by atoms with Crippen molar-refractivity contribution < 1.29 is 4.74 Å². The number of ether oxygens (including phenoxy) is 1. The molecule has 2 rings (SSSR count). The first-order valence-corrected chi connectivity index (χ1v) is 9.16. The maximum Gasteiger partial charge on any atom is 0.191 e. The summed E-state index contributed by atoms with van der Waals surface area (Å²) in [5, 5.41) is 6.98. The van der Waals surface area contributed by atoms with Crippen LogP contribution in [0.4, 0.5) is 0 Å². The molecule has 142 valence electrons. The van der Waals surface area contributed by atoms with E-state index in [1.807, 2.05) is 7.05 Å². The second-order valence-electron chi connectivity index (χ2n) is 7.04. The summed E-state index contributed by atoms with van der Waals surface area (Å²) in [7, 11) is 3.64. The van der Waals surface area contributed by atoms with Gasteiger partial charge in [-0.3, -0.25) is 4.99 Å². The number of nitrogens with one attached hydrogen (secondary N) is 2. The van der Waals surface area contributed by atoms with Crippen LogP contribution in [0.2, 0.25) is 0 Å². The van der Waals surface area contributed by atoms with Gasteiger partial charge in [-0.1, -0.05) is 42.7 Å². The van der Waals surface area contributed by atoms with Gasteiger partial charge in [0.05, 0.1) is 0 Å². The number of guanidine groups is 1. The summed E-state index contributed by atoms with van der Waals surface area (Å²) in [6.07, 6.45) is 7.41. The topological polar surface area (TPSA) is 45.7 Å². The van der Waals surface area contributed by atoms with Gasteiger partial charge in [0.25, 0.3) is 0 Å². The van der Waals surface area contributed by atoms with Gasteiger partial charge in [-0.25, -0.2) is 0 Å². The predicted octanol–water partition coefficient (Wildman–Crippen LogP) is 3.92. The summed E-state index contributed by atoms with van der Waals surface area (Å²) >= 11 is 0. The number of hydrogen-bond donors (Lipinski definition) is 2. The SMILES string of the molecule is CN=C(NCCc1ccc(C)cc1)NCC1(CCOC)CCCC1.I. The van der Waals surface area contributed by atoms with E-state index in [0.29, 0.717) is 5.41 Å². The summed E-state index contributed by atoms with van der Waals surface area (Å²) in [4.78, 5) is 4.37. The lowest BCUT2D eigenvalue weighted by Gasteiger charge is -2.30. The minimum atomic E-state index is 0. The molecule has 0 radical (unpaired) electrons. The summed E-state index contributed by atoms with van der Waals surface area (Å²) in [6.45, 7) is 4.85. The monoisotopic (exact) mass is 459 g/mol. The summed E-state index contributed by atoms with van der Waals surface area (Å²) in [5.41, 5.74) is 3.04. The lowest BCUT2D eigenvalue weighted by Crippen LogP contribution is -2.43. The zero-order valence-corrected chi connectivity index (χ0v) is 18.3. The first kappa shape index (κ1) is 22.2. The van der Waals surface area contributed by atoms with E-state index < -0.39 is 0 Å². The van der Waals surface area contributed by atoms with Crippen molar-refractivity contribution in [2.45, 2.75) is 45.4 Å². The standard InChI is InChI=1S/C20H33N3O.HI/c1-17-6-8-18(9-7-17)10-14-22-19(21-2)23-16-20(13-15-24-3)11-4-5-12-20;/h6-9H,4-5,10-16H2,1-3H3,(H2,21,22,23);1H. The zero-order chi connectivity index (χ0) is 17.3. The van der Waals surface area contributed by atoms with E-state index in [4.69, 9.17) is 4.74 Å². The number of aliphatic imine (C=N–C) groups is 1. The maximum absolute atomic E-state index is 5.31. The number of benzene rings is 1. The fraction of sp³-hybridized carbons (Fsp3) is 0.650. The van der Waals surface area contributed by atoms with Crippen molar-refractivity contribution >= 4 is 29.9 Å². The molecule has 0 amide bonds. The van der Waals surface area contributed by atoms with Crippen LogP contribution in [-0.2, 0) is 11.2 Å². The largest absolute Gasteiger partial charge is 0.385 e. The first-order chi connectivity index (χ1) is 11.7. The quantitative estimate of drug-likeness (QED) is 0.352. The molecule has 25 heavy (non-hydrogen) atoms. The zero-order valence-electron chi connectivity index (χ0n) is 15.9. The normalized spacial score (nSPS) is 16.4. The minimum Gasteiger partial charge on any atom is -0.385 e. The smallest absolute Gasteiger partial charge is 0.191 e. The third kappa shape index (κ3) is 7.52. The fourth-order valence-corrected chi connectivity index (χ4v) is 3.53. The Bertz CT molecular complexity index is 510. The van der Waals surface area contributed by atoms with Crippen LogP contribution in [0.3, 0.4) is 0 Å². The molecule has 0 spiro atoms. The Kier molecular flexibility index (Phi) is 10.4. The van der Waals surface area contributed by atoms with Crippen LogP contribution in [0.1, 0.15) is 43.2 Å². The lowest BCUT2D eigenvalue weighted by atomic mass is 9.83. The molecular formula is C20H34IN3O. The molecule has 4 nitrogen and oxygen atoms in total. The van der Waals surface area contributed by atoms with Crippen LogP contribution in [0.5, 0.6) is 0 Å². The highest BCUT2D eigenvalue weighted by atomic mass is 127. The predicted molar refractivity (Wildman–Crippen MR) is 117 cm³/mol. The van der Waals surface area contributed by atoms with Gasteiger partial charge < -0.3 is 15.4 Å². The van der Waals surface area contributed by atoms with Crippen LogP contribution < -0.4 is 10.6 Å². The molecule has 1 aliphatic carbocycles. The molecule has 1 aliphatic rings. The molecule has 1 aromatic carbocycles. The van der Waals surface area contributed by atoms with Gasteiger partial charge in [-0.05, 0) is 43.6 Å². The van der Waals surface area contributed by atoms with Gasteiger partial charge >= 0.3 is 0 Å². The highest BCUT2D eigenvalue weighted by Gasteiger charge is 2.33. The van der Waals surface area contributed by atoms with E-state index in [0.717, 1.165) is 38.5 Å². The van der Waals surface area contributed by atoms with Gasteiger partial charge in [0, 0.05) is 33.9 Å². The van der Waals surface area contributed by atoms with E-state index in [1.54, 1.807) is 7.11 Å². The van der Waals surface area contributed by atoms with Gasteiger partial charge in [0.2, 0.25) is 0 Å². The number of methoxy groups -OCH3 is 1. The molecule has 0 unspecified atom stereocenters. The maximum atomic E-state index is 5.31. The molecule has 1 aromatic rings. The first-order valence-electron chi connectivity index (χ1n) is 9.16. The molecular weight excluding hydrogens is 425 g/mol. The second kappa shape index (κ2) is 11.7. The Morgan fingerprint density at radius 3 is 2.44 bits per heavy atom. The number of nitrogens with zero attached hydrogens (tertiary/aromatic N) is 1. The van der Waals surface area contributed by atoms with Crippen molar-refractivity contribution in [2.24, 2.45) is 10.4 Å². The van der Waals surface area contributed by atoms with Gasteiger partial charge in [-0.2, -0.15) is 0 Å². The molecule has 2 N–H and O–H groups in total. The van der Waals surface area contributed by atoms with Gasteiger partial charge in [-0.15, -0.1) is 24.0 Å². The minimum absolute atomic E-state index is 0. The van der Waals surface area contributed by atoms with Crippen molar-refractivity contribution in [3.8, 4) is 0 Å². The molecule has 5 heteroatoms. The van der Waals surface area contributed by atoms with E-state index in [2.05, 4.69) is 46.8 Å². The Balaban J connectivity index is 0.00000312. The average molecular weight is 459 g/mol. The number of aryl methyl sites for hydroxylation is 1. The summed E-state index contributed by atoms with van der Waals surface area (Å²) in [5.74, 6) is 0.908. The van der Waals surface area contributed by atoms with Crippen LogP contribution in [0, 0.1) is 12.3 Å². The number of rotatable bonds is 8. The van der Waals surface area contributed by atoms with E-state index in [9.17, 15) is 0 Å². The molecule has 1 saturated carbocycles. The Labute approximate surface area is 170 Å². The highest BCUT2D eigenvalue weighted by Crippen LogP contribution is 2.40. The molecule has 1 fully saturated rings. The van der Waals surface area contributed by atoms with Crippen molar-refractivity contribution in [3.63, 3.8) is 0 Å². The third-order valence-electron chi connectivity index (χ3n) is 5.18. The Morgan fingerprint density at radius 2 is 1.84 bits per heavy atom. The molecule has 0 saturated heterocycles. The van der Waals surface area contributed by atoms with Crippen LogP contribution in [-0.4, -0.2) is 39.8 Å². The van der Waals surface area contributed by atoms with Gasteiger partial charge in [0.15, 0.2) is 5.96 Å². The number of hydrogen-bond acceptors (Lipinski definition) is 2. The highest BCUT2D eigenvalue weighted by molar-refractivity contribution is 14.0. The molecule has 0 heterocycles. The summed E-state index contributed by atoms with van der Waals surface area (Å²) in [6, 6.07) is 8.74. The molecule has 0 bridgehead atoms. The van der Waals surface area contributed by atoms with Crippen LogP contribution in [0.15, 0.2) is 29.3 Å². The molecule has 0 atom stereocenters. The van der Waals surface area contributed by atoms with Crippen LogP contribution in [0.25, 0.3) is 0 Å². The van der Waals surface area contributed by atoms with Crippen molar-refractivity contribution in [1.82, 2.24) is 10.6 Å². The van der Waals surface area contributed by atoms with Crippen molar-refractivity contribution in [2.75, 3.05) is 33.9 Å². The van der Waals surface area contributed by atoms with Crippen molar-refractivity contribution in [1.29, 1.82) is 0 Å². The Hall–Kier alpha value is -0.820. The molecule has 0 aromatic heterocycles. The van der Waals surface area contributed by atoms with Gasteiger partial charge in [0.1, 0.15) is 0 Å². The third-order valence-corrected chi connectivity index (χ3v) is 5.18. The molecule has 0 aliphatic heterocycles. The lowest BCUT2D eigenvalue weighted by molar-refractivity contribution is 0.138. The second-order valence-corrected chi connectivity index (χ2v) is 7.04. The van der Waals surface area contributed by atoms with E-state index in [-0.39, 0.29) is 24.0 Å². The number of halogens is 1. The fourth-order valence-electron chi connectivity index (χ4n) is 3.53. The summed E-state index contributed by atoms with van der Waals surface area (Å²) < 4.78 is 5.31. The van der Waals surface area contributed by atoms with Crippen LogP contribution >= 0.6 is 24.0 Å². The van der Waals surface area contributed by atoms with E-state index in [1.165, 1.54) is 36.8 Å². The average Bonchev–Trinajstić information content (AvgIpc) is 3.07.